The fourth-order valence-electron chi connectivity index (χ4n) is 5.18. The number of hydrogen-bond acceptors (Lipinski definition) is 10. The molecule has 1 N–H and O–H groups in total. The summed E-state index contributed by atoms with van der Waals surface area (Å²) in [5.41, 5.74) is 3.47. The van der Waals surface area contributed by atoms with Crippen LogP contribution in [0.1, 0.15) is 44.2 Å². The molecule has 48 heavy (non-hydrogen) atoms. The Kier molecular flexibility index (Phi) is 9.65. The van der Waals surface area contributed by atoms with Crippen molar-refractivity contribution in [2.75, 3.05) is 12.0 Å². The van der Waals surface area contributed by atoms with Crippen molar-refractivity contribution in [2.45, 2.75) is 29.7 Å². The number of ketones is 1. The third-order valence-electron chi connectivity index (χ3n) is 7.79. The molecule has 242 valence electrons. The summed E-state index contributed by atoms with van der Waals surface area (Å²) in [5.74, 6) is -2.27. The van der Waals surface area contributed by atoms with E-state index in [4.69, 9.17) is 9.47 Å². The van der Waals surface area contributed by atoms with Crippen LogP contribution in [0.25, 0.3) is 5.76 Å². The number of hydrogen-bond donors (Lipinski definition) is 1. The number of carbonyl (C=O) groups excluding carboxylic acids is 3. The molecule has 0 radical (unpaired) electrons. The zero-order valence-electron chi connectivity index (χ0n) is 25.8. The lowest BCUT2D eigenvalue weighted by Gasteiger charge is -2.22. The van der Waals surface area contributed by atoms with Gasteiger partial charge in [0.15, 0.2) is 4.34 Å². The molecule has 0 bridgehead atoms. The molecule has 1 unspecified atom stereocenters. The third kappa shape index (κ3) is 6.71. The van der Waals surface area contributed by atoms with Gasteiger partial charge in [-0.15, -0.1) is 10.2 Å². The van der Waals surface area contributed by atoms with E-state index in [1.807, 2.05) is 31.2 Å². The molecule has 6 rings (SSSR count). The van der Waals surface area contributed by atoms with Crippen LogP contribution < -0.4 is 9.64 Å². The Bertz CT molecular complexity index is 2030. The van der Waals surface area contributed by atoms with Gasteiger partial charge >= 0.3 is 11.9 Å². The summed E-state index contributed by atoms with van der Waals surface area (Å²) in [6.45, 7) is 2.36. The van der Waals surface area contributed by atoms with Crippen LogP contribution in [-0.4, -0.2) is 40.1 Å². The molecule has 1 fully saturated rings. The van der Waals surface area contributed by atoms with E-state index in [0.29, 0.717) is 33.4 Å². The highest BCUT2D eigenvalue weighted by Gasteiger charge is 2.48. The van der Waals surface area contributed by atoms with Crippen molar-refractivity contribution in [1.82, 2.24) is 10.2 Å². The number of nitrogens with zero attached hydrogens (tertiary/aromatic N) is 3. The smallest absolute Gasteiger partial charge is 0.337 e. The minimum atomic E-state index is -1.09. The van der Waals surface area contributed by atoms with Gasteiger partial charge in [-0.3, -0.25) is 14.5 Å². The number of anilines is 1. The summed E-state index contributed by atoms with van der Waals surface area (Å²) in [6.07, 6.45) is 0. The Hall–Kier alpha value is -5.33. The van der Waals surface area contributed by atoms with Gasteiger partial charge in [0.2, 0.25) is 5.13 Å². The largest absolute Gasteiger partial charge is 0.507 e. The number of aromatic nitrogens is 2. The summed E-state index contributed by atoms with van der Waals surface area (Å²) in [7, 11) is 1.27. The van der Waals surface area contributed by atoms with Gasteiger partial charge in [0, 0.05) is 11.3 Å². The number of ether oxygens (including phenoxy) is 2. The number of rotatable bonds is 10. The van der Waals surface area contributed by atoms with E-state index in [-0.39, 0.29) is 33.6 Å². The van der Waals surface area contributed by atoms with Crippen LogP contribution in [0.15, 0.2) is 107 Å². The summed E-state index contributed by atoms with van der Waals surface area (Å²) >= 11 is 2.30. The average Bonchev–Trinajstić information content (AvgIpc) is 3.68. The van der Waals surface area contributed by atoms with Crippen LogP contribution in [0.4, 0.5) is 9.52 Å². The molecule has 1 amide bonds. The molecule has 1 saturated heterocycles. The lowest BCUT2D eigenvalue weighted by Crippen LogP contribution is -2.29. The first-order chi connectivity index (χ1) is 23.2. The van der Waals surface area contributed by atoms with E-state index in [9.17, 15) is 23.9 Å². The first-order valence-electron chi connectivity index (χ1n) is 14.7. The number of carbonyl (C=O) groups is 3. The van der Waals surface area contributed by atoms with Gasteiger partial charge in [0.05, 0.1) is 24.3 Å². The van der Waals surface area contributed by atoms with Crippen LogP contribution in [0.2, 0.25) is 0 Å². The van der Waals surface area contributed by atoms with Gasteiger partial charge in [0.1, 0.15) is 23.9 Å². The fourth-order valence-corrected chi connectivity index (χ4v) is 7.03. The second kappa shape index (κ2) is 14.2. The molecular formula is C36H28FN3O6S2. The van der Waals surface area contributed by atoms with Crippen molar-refractivity contribution in [3.05, 3.63) is 142 Å². The Labute approximate surface area is 283 Å². The highest BCUT2D eigenvalue weighted by Crippen LogP contribution is 2.44. The molecule has 4 aromatic carbocycles. The topological polar surface area (TPSA) is 119 Å². The minimum absolute atomic E-state index is 0.120. The number of methoxy groups -OCH3 is 1. The molecule has 0 aliphatic carbocycles. The van der Waals surface area contributed by atoms with E-state index in [1.54, 1.807) is 54.6 Å². The number of esters is 1. The number of Topliss-reactive ketones (excluding diaryl/α,β-unsaturated/α-hetero) is 1. The number of aliphatic hydroxyl groups is 1. The number of aliphatic hydroxyl groups excluding tert-OH is 1. The van der Waals surface area contributed by atoms with Crippen LogP contribution in [-0.2, 0) is 26.7 Å². The van der Waals surface area contributed by atoms with E-state index < -0.39 is 23.7 Å². The zero-order chi connectivity index (χ0) is 33.8. The standard InChI is InChI=1S/C36H28FN3O6S2/c1-21-7-3-4-8-25(21)19-46-27-17-15-23(16-18-27)31(41)29-30(22-11-13-24(14-12-22)34(44)45-2)40(33(43)32(29)42)35-38-39-36(48-35)47-20-26-9-5-6-10-28(26)37/h3-18,30,41H,19-20H2,1-2H3/b31-29+. The number of benzene rings is 4. The SMILES string of the molecule is COC(=O)c1ccc(C2/C(=C(\O)c3ccc(OCc4ccccc4C)cc3)C(=O)C(=O)N2c2nnc(SCc3ccccc3F)s2)cc1. The second-order valence-electron chi connectivity index (χ2n) is 10.8. The second-order valence-corrected chi connectivity index (χ2v) is 12.9. The van der Waals surface area contributed by atoms with Crippen molar-refractivity contribution < 1.29 is 33.4 Å². The predicted octanol–water partition coefficient (Wildman–Crippen LogP) is 7.27. The van der Waals surface area contributed by atoms with E-state index >= 15 is 0 Å². The van der Waals surface area contributed by atoms with E-state index in [1.165, 1.54) is 42.0 Å². The van der Waals surface area contributed by atoms with Gasteiger partial charge in [-0.25, -0.2) is 9.18 Å². The predicted molar refractivity (Wildman–Crippen MR) is 180 cm³/mol. The van der Waals surface area contributed by atoms with E-state index in [0.717, 1.165) is 22.5 Å². The Balaban J connectivity index is 1.33. The Morgan fingerprint density at radius 1 is 0.917 bits per heavy atom. The Morgan fingerprint density at radius 2 is 1.58 bits per heavy atom. The zero-order valence-corrected chi connectivity index (χ0v) is 27.4. The summed E-state index contributed by atoms with van der Waals surface area (Å²) < 4.78 is 25.4. The third-order valence-corrected chi connectivity index (χ3v) is 9.89. The van der Waals surface area contributed by atoms with Gasteiger partial charge in [0.25, 0.3) is 5.78 Å². The highest BCUT2D eigenvalue weighted by molar-refractivity contribution is 8.00. The quantitative estimate of drug-likeness (QED) is 0.0405. The fraction of sp³-hybridized carbons (Fsp3) is 0.139. The molecule has 1 aromatic heterocycles. The normalized spacial score (nSPS) is 15.5. The maximum Gasteiger partial charge on any atom is 0.337 e. The van der Waals surface area contributed by atoms with Crippen LogP contribution >= 0.6 is 23.1 Å². The van der Waals surface area contributed by atoms with Crippen molar-refractivity contribution >= 4 is 51.6 Å². The van der Waals surface area contributed by atoms with Crippen molar-refractivity contribution in [3.8, 4) is 5.75 Å². The van der Waals surface area contributed by atoms with E-state index in [2.05, 4.69) is 10.2 Å². The average molecular weight is 682 g/mol. The minimum Gasteiger partial charge on any atom is -0.507 e. The first kappa shape index (κ1) is 32.6. The number of aryl methyl sites for hydroxylation is 1. The van der Waals surface area contributed by atoms with Crippen molar-refractivity contribution in [3.63, 3.8) is 0 Å². The summed E-state index contributed by atoms with van der Waals surface area (Å²) in [6, 6.07) is 25.9. The highest BCUT2D eigenvalue weighted by atomic mass is 32.2. The Morgan fingerprint density at radius 3 is 2.27 bits per heavy atom. The maximum atomic E-state index is 14.2. The van der Waals surface area contributed by atoms with Gasteiger partial charge < -0.3 is 14.6 Å². The molecule has 12 heteroatoms. The monoisotopic (exact) mass is 681 g/mol. The molecule has 0 spiro atoms. The molecule has 1 aliphatic rings. The molecule has 0 saturated carbocycles. The van der Waals surface area contributed by atoms with Crippen LogP contribution in [0, 0.1) is 12.7 Å². The molecular weight excluding hydrogens is 654 g/mol. The van der Waals surface area contributed by atoms with Gasteiger partial charge in [-0.1, -0.05) is 77.7 Å². The first-order valence-corrected chi connectivity index (χ1v) is 16.5. The lowest BCUT2D eigenvalue weighted by atomic mass is 9.94. The number of amides is 1. The maximum absolute atomic E-state index is 14.2. The van der Waals surface area contributed by atoms with Crippen LogP contribution in [0.5, 0.6) is 5.75 Å². The van der Waals surface area contributed by atoms with Gasteiger partial charge in [-0.2, -0.15) is 0 Å². The molecule has 1 atom stereocenters. The van der Waals surface area contributed by atoms with Gasteiger partial charge in [-0.05, 0) is 71.6 Å². The molecule has 9 nitrogen and oxygen atoms in total. The number of thioether (sulfide) groups is 1. The van der Waals surface area contributed by atoms with Crippen LogP contribution in [0.3, 0.4) is 0 Å². The molecule has 5 aromatic rings. The summed E-state index contributed by atoms with van der Waals surface area (Å²) in [5, 5.41) is 20.0. The van der Waals surface area contributed by atoms with Crippen molar-refractivity contribution in [1.29, 1.82) is 0 Å². The number of halogens is 1. The summed E-state index contributed by atoms with van der Waals surface area (Å²) in [4.78, 5) is 40.5. The molecule has 1 aliphatic heterocycles. The van der Waals surface area contributed by atoms with Crippen molar-refractivity contribution in [2.24, 2.45) is 0 Å². The molecule has 2 heterocycles. The lowest BCUT2D eigenvalue weighted by molar-refractivity contribution is -0.132.